The molecule has 0 spiro atoms. The predicted octanol–water partition coefficient (Wildman–Crippen LogP) is 3.63. The van der Waals surface area contributed by atoms with Gasteiger partial charge >= 0.3 is 0 Å². The van der Waals surface area contributed by atoms with Crippen LogP contribution in [0.3, 0.4) is 0 Å². The first-order valence-electron chi connectivity index (χ1n) is 7.05. The zero-order chi connectivity index (χ0) is 16.3. The first-order valence-corrected chi connectivity index (χ1v) is 7.43. The number of carbonyl (C=O) groups excluding carboxylic acids is 1. The number of aryl methyl sites for hydroxylation is 2. The number of nitrogens with zero attached hydrogens (tertiary/aromatic N) is 2. The normalized spacial score (nSPS) is 10.6. The number of carbonyl (C=O) groups is 1. The molecule has 116 valence electrons. The van der Waals surface area contributed by atoms with Crippen molar-refractivity contribution in [3.63, 3.8) is 0 Å². The number of nitrogens with one attached hydrogen (secondary N) is 2. The van der Waals surface area contributed by atoms with Gasteiger partial charge in [-0.1, -0.05) is 17.7 Å². The highest BCUT2D eigenvalue weighted by molar-refractivity contribution is 6.33. The lowest BCUT2D eigenvalue weighted by Gasteiger charge is -2.12. The minimum Gasteiger partial charge on any atom is -0.348 e. The Labute approximate surface area is 135 Å². The number of benzene rings is 1. The molecule has 0 aliphatic rings. The zero-order valence-corrected chi connectivity index (χ0v) is 13.8. The van der Waals surface area contributed by atoms with Gasteiger partial charge in [-0.3, -0.25) is 4.79 Å². The highest BCUT2D eigenvalue weighted by atomic mass is 35.5. The highest BCUT2D eigenvalue weighted by Crippen LogP contribution is 2.29. The summed E-state index contributed by atoms with van der Waals surface area (Å²) in [4.78, 5) is 11.8. The summed E-state index contributed by atoms with van der Waals surface area (Å²) in [6, 6.07) is 7.31. The Kier molecular flexibility index (Phi) is 4.98. The third kappa shape index (κ3) is 3.95. The van der Waals surface area contributed by atoms with Gasteiger partial charge in [0.05, 0.1) is 10.7 Å². The molecular weight excluding hydrogens is 300 g/mol. The largest absolute Gasteiger partial charge is 0.348 e. The van der Waals surface area contributed by atoms with Crippen molar-refractivity contribution in [2.75, 3.05) is 5.32 Å². The smallest absolute Gasteiger partial charge is 0.271 e. The van der Waals surface area contributed by atoms with Crippen molar-refractivity contribution in [2.24, 2.45) is 0 Å². The van der Waals surface area contributed by atoms with Crippen molar-refractivity contribution in [1.82, 2.24) is 15.5 Å². The van der Waals surface area contributed by atoms with E-state index < -0.39 is 0 Å². The van der Waals surface area contributed by atoms with Crippen LogP contribution in [0.2, 0.25) is 5.02 Å². The van der Waals surface area contributed by atoms with E-state index in [0.717, 1.165) is 16.8 Å². The lowest BCUT2D eigenvalue weighted by molar-refractivity contribution is 0.0937. The minimum absolute atomic E-state index is 0.0566. The van der Waals surface area contributed by atoms with Gasteiger partial charge in [0.15, 0.2) is 11.5 Å². The molecule has 1 amide bonds. The summed E-state index contributed by atoms with van der Waals surface area (Å²) >= 11 is 6.25. The lowest BCUT2D eigenvalue weighted by Crippen LogP contribution is -2.30. The second-order valence-corrected chi connectivity index (χ2v) is 5.90. The van der Waals surface area contributed by atoms with E-state index in [9.17, 15) is 4.79 Å². The first kappa shape index (κ1) is 16.2. The van der Waals surface area contributed by atoms with Crippen LogP contribution >= 0.6 is 11.6 Å². The van der Waals surface area contributed by atoms with E-state index in [4.69, 9.17) is 11.6 Å². The maximum Gasteiger partial charge on any atom is 0.271 e. The highest BCUT2D eigenvalue weighted by Gasteiger charge is 2.11. The quantitative estimate of drug-likeness (QED) is 0.903. The Morgan fingerprint density at radius 1 is 1.18 bits per heavy atom. The molecular formula is C16H19ClN4O. The number of hydrogen-bond donors (Lipinski definition) is 2. The van der Waals surface area contributed by atoms with E-state index in [1.807, 2.05) is 39.8 Å². The molecule has 1 heterocycles. The lowest BCUT2D eigenvalue weighted by atomic mass is 10.1. The number of rotatable bonds is 4. The average molecular weight is 319 g/mol. The van der Waals surface area contributed by atoms with Crippen LogP contribution in [0.25, 0.3) is 0 Å². The van der Waals surface area contributed by atoms with Crippen LogP contribution in [0, 0.1) is 13.8 Å². The predicted molar refractivity (Wildman–Crippen MR) is 88.8 cm³/mol. The van der Waals surface area contributed by atoms with E-state index in [0.29, 0.717) is 10.8 Å². The molecule has 6 heteroatoms. The Bertz CT molecular complexity index is 660. The average Bonchev–Trinajstić information content (AvgIpc) is 2.42. The van der Waals surface area contributed by atoms with Gasteiger partial charge in [0, 0.05) is 6.04 Å². The van der Waals surface area contributed by atoms with Crippen LogP contribution in [-0.4, -0.2) is 22.1 Å². The molecule has 0 unspecified atom stereocenters. The fraction of sp³-hybridized carbons (Fsp3) is 0.312. The van der Waals surface area contributed by atoms with Gasteiger partial charge in [-0.05, 0) is 57.0 Å². The minimum atomic E-state index is -0.237. The van der Waals surface area contributed by atoms with Crippen molar-refractivity contribution < 1.29 is 4.79 Å². The summed E-state index contributed by atoms with van der Waals surface area (Å²) < 4.78 is 0. The number of halogens is 1. The molecule has 0 atom stereocenters. The summed E-state index contributed by atoms with van der Waals surface area (Å²) in [6.07, 6.45) is 0. The Hall–Kier alpha value is -2.14. The molecule has 0 fully saturated rings. The van der Waals surface area contributed by atoms with Gasteiger partial charge in [0.2, 0.25) is 0 Å². The summed E-state index contributed by atoms with van der Waals surface area (Å²) in [5.41, 5.74) is 3.19. The van der Waals surface area contributed by atoms with Crippen molar-refractivity contribution in [1.29, 1.82) is 0 Å². The molecule has 2 rings (SSSR count). The fourth-order valence-corrected chi connectivity index (χ4v) is 2.43. The summed E-state index contributed by atoms with van der Waals surface area (Å²) in [5.74, 6) is 0.300. The van der Waals surface area contributed by atoms with Crippen molar-refractivity contribution in [2.45, 2.75) is 33.7 Å². The van der Waals surface area contributed by atoms with Crippen molar-refractivity contribution >= 4 is 29.0 Å². The maximum atomic E-state index is 11.8. The van der Waals surface area contributed by atoms with Crippen LogP contribution in [0.1, 0.15) is 35.5 Å². The zero-order valence-electron chi connectivity index (χ0n) is 13.1. The number of hydrogen-bond acceptors (Lipinski definition) is 4. The van der Waals surface area contributed by atoms with Gasteiger partial charge in [-0.25, -0.2) is 0 Å². The van der Waals surface area contributed by atoms with Crippen LogP contribution < -0.4 is 10.6 Å². The van der Waals surface area contributed by atoms with Crippen LogP contribution in [0.4, 0.5) is 11.5 Å². The van der Waals surface area contributed by atoms with Gasteiger partial charge in [0.1, 0.15) is 0 Å². The molecule has 0 saturated carbocycles. The van der Waals surface area contributed by atoms with E-state index in [-0.39, 0.29) is 17.6 Å². The molecule has 2 N–H and O–H groups in total. The third-order valence-corrected chi connectivity index (χ3v) is 3.30. The monoisotopic (exact) mass is 318 g/mol. The molecule has 0 radical (unpaired) electrons. The van der Waals surface area contributed by atoms with Gasteiger partial charge in [-0.2, -0.15) is 0 Å². The number of aromatic nitrogens is 2. The summed E-state index contributed by atoms with van der Waals surface area (Å²) in [7, 11) is 0. The fourth-order valence-electron chi connectivity index (χ4n) is 2.06. The summed E-state index contributed by atoms with van der Waals surface area (Å²) in [5, 5.41) is 14.5. The second-order valence-electron chi connectivity index (χ2n) is 5.50. The maximum absolute atomic E-state index is 11.8. The third-order valence-electron chi connectivity index (χ3n) is 3.00. The SMILES string of the molecule is Cc1cc(C)c(Nc2ccc(C(=O)NC(C)C)nn2)c(Cl)c1. The molecule has 0 aliphatic heterocycles. The first-order chi connectivity index (χ1) is 10.4. The molecule has 0 aliphatic carbocycles. The van der Waals surface area contributed by atoms with E-state index in [2.05, 4.69) is 20.8 Å². The summed E-state index contributed by atoms with van der Waals surface area (Å²) in [6.45, 7) is 7.75. The number of amides is 1. The Morgan fingerprint density at radius 3 is 2.45 bits per heavy atom. The molecule has 1 aromatic heterocycles. The molecule has 0 saturated heterocycles. The van der Waals surface area contributed by atoms with Crippen molar-refractivity contribution in [3.05, 3.63) is 46.1 Å². The topological polar surface area (TPSA) is 66.9 Å². The standard InChI is InChI=1S/C16H19ClN4O/c1-9(2)18-16(22)13-5-6-14(21-20-13)19-15-11(4)7-10(3)8-12(15)17/h5-9H,1-4H3,(H,18,22)(H,19,21). The van der Waals surface area contributed by atoms with Gasteiger partial charge < -0.3 is 10.6 Å². The van der Waals surface area contributed by atoms with E-state index >= 15 is 0 Å². The van der Waals surface area contributed by atoms with Crippen molar-refractivity contribution in [3.8, 4) is 0 Å². The van der Waals surface area contributed by atoms with Gasteiger partial charge in [0.25, 0.3) is 5.91 Å². The molecule has 5 nitrogen and oxygen atoms in total. The van der Waals surface area contributed by atoms with Crippen LogP contribution in [0.15, 0.2) is 24.3 Å². The number of anilines is 2. The van der Waals surface area contributed by atoms with Gasteiger partial charge in [-0.15, -0.1) is 10.2 Å². The van der Waals surface area contributed by atoms with Crippen LogP contribution in [0.5, 0.6) is 0 Å². The van der Waals surface area contributed by atoms with E-state index in [1.54, 1.807) is 12.1 Å². The molecule has 1 aromatic carbocycles. The Morgan fingerprint density at radius 2 is 1.91 bits per heavy atom. The molecule has 0 bridgehead atoms. The van der Waals surface area contributed by atoms with Crippen LogP contribution in [-0.2, 0) is 0 Å². The van der Waals surface area contributed by atoms with E-state index in [1.165, 1.54) is 0 Å². The second kappa shape index (κ2) is 6.75. The molecule has 22 heavy (non-hydrogen) atoms. The Balaban J connectivity index is 2.17. The molecule has 2 aromatic rings.